The predicted molar refractivity (Wildman–Crippen MR) is 85.6 cm³/mol. The second-order valence-electron chi connectivity index (χ2n) is 6.24. The lowest BCUT2D eigenvalue weighted by atomic mass is 9.96. The molecule has 0 amide bonds. The fraction of sp³-hybridized carbons (Fsp3) is 0.562. The second kappa shape index (κ2) is 5.22. The van der Waals surface area contributed by atoms with Crippen molar-refractivity contribution in [3.63, 3.8) is 0 Å². The van der Waals surface area contributed by atoms with Crippen LogP contribution in [-0.4, -0.2) is 41.2 Å². The Bertz CT molecular complexity index is 641. The molecule has 0 unspecified atom stereocenters. The maximum absolute atomic E-state index is 6.17. The minimum Gasteiger partial charge on any atom is -0.497 e. The molecule has 5 nitrogen and oxygen atoms in total. The van der Waals surface area contributed by atoms with E-state index in [0.29, 0.717) is 5.95 Å². The lowest BCUT2D eigenvalue weighted by Gasteiger charge is -2.37. The summed E-state index contributed by atoms with van der Waals surface area (Å²) >= 11 is 0. The number of benzene rings is 1. The van der Waals surface area contributed by atoms with Gasteiger partial charge in [0, 0.05) is 18.2 Å². The van der Waals surface area contributed by atoms with Crippen LogP contribution < -0.4 is 10.5 Å². The number of aromatic nitrogens is 2. The molecule has 1 aliphatic rings. The minimum absolute atomic E-state index is 0.185. The smallest absolute Gasteiger partial charge is 0.201 e. The number of methoxy groups -OCH3 is 1. The van der Waals surface area contributed by atoms with Crippen LogP contribution in [0, 0.1) is 0 Å². The molecule has 1 aromatic carbocycles. The molecule has 2 N–H and O–H groups in total. The van der Waals surface area contributed by atoms with Gasteiger partial charge in [0.05, 0.1) is 18.1 Å². The summed E-state index contributed by atoms with van der Waals surface area (Å²) < 4.78 is 7.48. The van der Waals surface area contributed by atoms with Crippen LogP contribution in [0.3, 0.4) is 0 Å². The van der Waals surface area contributed by atoms with Gasteiger partial charge in [0.1, 0.15) is 5.75 Å². The molecular formula is C16H24N4O. The summed E-state index contributed by atoms with van der Waals surface area (Å²) in [6, 6.07) is 5.92. The van der Waals surface area contributed by atoms with Crippen LogP contribution in [0.2, 0.25) is 0 Å². The molecule has 114 valence electrons. The number of fused-ring (bicyclic) bond motifs is 1. The zero-order valence-electron chi connectivity index (χ0n) is 13.1. The van der Waals surface area contributed by atoms with Crippen molar-refractivity contribution >= 4 is 17.0 Å². The van der Waals surface area contributed by atoms with Crippen LogP contribution in [0.15, 0.2) is 18.2 Å². The quantitative estimate of drug-likeness (QED) is 0.939. The summed E-state index contributed by atoms with van der Waals surface area (Å²) in [4.78, 5) is 6.84. The molecule has 21 heavy (non-hydrogen) atoms. The van der Waals surface area contributed by atoms with Crippen molar-refractivity contribution in [2.75, 3.05) is 26.9 Å². The average Bonchev–Trinajstić information content (AvgIpc) is 3.05. The molecule has 1 aliphatic carbocycles. The van der Waals surface area contributed by atoms with Gasteiger partial charge in [0.25, 0.3) is 0 Å². The first kappa shape index (κ1) is 14.2. The van der Waals surface area contributed by atoms with Gasteiger partial charge < -0.3 is 19.9 Å². The summed E-state index contributed by atoms with van der Waals surface area (Å²) in [7, 11) is 6.02. The average molecular weight is 288 g/mol. The van der Waals surface area contributed by atoms with E-state index in [0.717, 1.165) is 23.3 Å². The fourth-order valence-corrected chi connectivity index (χ4v) is 3.49. The topological polar surface area (TPSA) is 56.3 Å². The van der Waals surface area contributed by atoms with Crippen molar-refractivity contribution in [1.29, 1.82) is 0 Å². The van der Waals surface area contributed by atoms with E-state index in [1.54, 1.807) is 7.11 Å². The molecule has 0 atom stereocenters. The highest BCUT2D eigenvalue weighted by molar-refractivity contribution is 5.80. The Hall–Kier alpha value is -1.75. The summed E-state index contributed by atoms with van der Waals surface area (Å²) in [5.41, 5.74) is 8.35. The minimum atomic E-state index is 0.185. The summed E-state index contributed by atoms with van der Waals surface area (Å²) in [5.74, 6) is 1.43. The van der Waals surface area contributed by atoms with Crippen LogP contribution in [0.25, 0.3) is 11.0 Å². The van der Waals surface area contributed by atoms with Gasteiger partial charge in [-0.3, -0.25) is 0 Å². The van der Waals surface area contributed by atoms with Gasteiger partial charge in [-0.05, 0) is 39.1 Å². The summed E-state index contributed by atoms with van der Waals surface area (Å²) in [5, 5.41) is 0. The molecule has 0 bridgehead atoms. The van der Waals surface area contributed by atoms with E-state index in [2.05, 4.69) is 28.5 Å². The number of nitrogens with zero attached hydrogens (tertiary/aromatic N) is 3. The summed E-state index contributed by atoms with van der Waals surface area (Å²) in [6.07, 6.45) is 4.99. The highest BCUT2D eigenvalue weighted by atomic mass is 16.5. The van der Waals surface area contributed by atoms with Crippen LogP contribution in [0.5, 0.6) is 5.75 Å². The van der Waals surface area contributed by atoms with Gasteiger partial charge in [0.15, 0.2) is 0 Å². The SMILES string of the molecule is COc1ccc2nc(N)n(CC3(N(C)C)CCCC3)c2c1. The van der Waals surface area contributed by atoms with E-state index in [1.165, 1.54) is 25.7 Å². The largest absolute Gasteiger partial charge is 0.497 e. The van der Waals surface area contributed by atoms with Gasteiger partial charge in [-0.2, -0.15) is 0 Å². The van der Waals surface area contributed by atoms with Gasteiger partial charge in [0.2, 0.25) is 5.95 Å². The number of ether oxygens (including phenoxy) is 1. The first-order chi connectivity index (χ1) is 10.1. The van der Waals surface area contributed by atoms with Gasteiger partial charge in [-0.15, -0.1) is 0 Å². The van der Waals surface area contributed by atoms with Crippen LogP contribution in [0.1, 0.15) is 25.7 Å². The monoisotopic (exact) mass is 288 g/mol. The van der Waals surface area contributed by atoms with E-state index in [9.17, 15) is 0 Å². The number of nitrogens with two attached hydrogens (primary N) is 1. The third-order valence-electron chi connectivity index (χ3n) is 4.92. The normalized spacial score (nSPS) is 17.7. The van der Waals surface area contributed by atoms with Crippen molar-refractivity contribution in [2.24, 2.45) is 0 Å². The number of hydrogen-bond acceptors (Lipinski definition) is 4. The second-order valence-corrected chi connectivity index (χ2v) is 6.24. The van der Waals surface area contributed by atoms with E-state index < -0.39 is 0 Å². The van der Waals surface area contributed by atoms with Crippen molar-refractivity contribution in [3.05, 3.63) is 18.2 Å². The molecule has 0 radical (unpaired) electrons. The molecule has 3 rings (SSSR count). The van der Waals surface area contributed by atoms with E-state index >= 15 is 0 Å². The Labute approximate surface area is 125 Å². The van der Waals surface area contributed by atoms with Crippen LogP contribution >= 0.6 is 0 Å². The molecule has 1 heterocycles. The third-order valence-corrected chi connectivity index (χ3v) is 4.92. The maximum atomic E-state index is 6.17. The molecular weight excluding hydrogens is 264 g/mol. The Balaban J connectivity index is 2.05. The van der Waals surface area contributed by atoms with Crippen molar-refractivity contribution in [1.82, 2.24) is 14.5 Å². The standard InChI is InChI=1S/C16H24N4O/c1-19(2)16(8-4-5-9-16)11-20-14-10-12(21-3)6-7-13(14)18-15(20)17/h6-7,10H,4-5,8-9,11H2,1-3H3,(H2,17,18). The number of anilines is 1. The van der Waals surface area contributed by atoms with Crippen molar-refractivity contribution in [2.45, 2.75) is 37.8 Å². The molecule has 2 aromatic rings. The maximum Gasteiger partial charge on any atom is 0.201 e. The first-order valence-corrected chi connectivity index (χ1v) is 7.53. The molecule has 1 fully saturated rings. The first-order valence-electron chi connectivity index (χ1n) is 7.53. The molecule has 0 spiro atoms. The van der Waals surface area contributed by atoms with E-state index in [-0.39, 0.29) is 5.54 Å². The Kier molecular flexibility index (Phi) is 3.53. The number of rotatable bonds is 4. The zero-order chi connectivity index (χ0) is 15.0. The molecule has 0 saturated heterocycles. The molecule has 5 heteroatoms. The Morgan fingerprint density at radius 1 is 1.33 bits per heavy atom. The number of imidazole rings is 1. The van der Waals surface area contributed by atoms with Crippen LogP contribution in [-0.2, 0) is 6.54 Å². The lowest BCUT2D eigenvalue weighted by Crippen LogP contribution is -2.45. The number of hydrogen-bond donors (Lipinski definition) is 1. The highest BCUT2D eigenvalue weighted by Crippen LogP contribution is 2.37. The zero-order valence-corrected chi connectivity index (χ0v) is 13.1. The van der Waals surface area contributed by atoms with Gasteiger partial charge in [-0.25, -0.2) is 4.98 Å². The Morgan fingerprint density at radius 2 is 2.05 bits per heavy atom. The molecule has 0 aliphatic heterocycles. The Morgan fingerprint density at radius 3 is 2.67 bits per heavy atom. The molecule has 1 saturated carbocycles. The van der Waals surface area contributed by atoms with Gasteiger partial charge in [-0.1, -0.05) is 12.8 Å². The van der Waals surface area contributed by atoms with Crippen molar-refractivity contribution < 1.29 is 4.74 Å². The highest BCUT2D eigenvalue weighted by Gasteiger charge is 2.37. The lowest BCUT2D eigenvalue weighted by molar-refractivity contribution is 0.136. The number of likely N-dealkylation sites (N-methyl/N-ethyl adjacent to an activating group) is 1. The predicted octanol–water partition coefficient (Wildman–Crippen LogP) is 2.50. The molecule has 1 aromatic heterocycles. The van der Waals surface area contributed by atoms with E-state index in [1.807, 2.05) is 18.2 Å². The summed E-state index contributed by atoms with van der Waals surface area (Å²) in [6.45, 7) is 0.884. The van der Waals surface area contributed by atoms with Crippen molar-refractivity contribution in [3.8, 4) is 5.75 Å². The fourth-order valence-electron chi connectivity index (χ4n) is 3.49. The van der Waals surface area contributed by atoms with E-state index in [4.69, 9.17) is 10.5 Å². The third kappa shape index (κ3) is 2.35. The van der Waals surface area contributed by atoms with Crippen LogP contribution in [0.4, 0.5) is 5.95 Å². The number of nitrogen functional groups attached to an aromatic ring is 1. The van der Waals surface area contributed by atoms with Gasteiger partial charge >= 0.3 is 0 Å².